The fraction of sp³-hybridized carbons (Fsp3) is 0.300. The Morgan fingerprint density at radius 3 is 2.38 bits per heavy atom. The summed E-state index contributed by atoms with van der Waals surface area (Å²) in [6, 6.07) is 8.17. The van der Waals surface area contributed by atoms with Crippen LogP contribution in [0.4, 0.5) is 18.9 Å². The van der Waals surface area contributed by atoms with Crippen LogP contribution in [-0.2, 0) is 4.79 Å². The number of alkyl halides is 4. The number of hydrogen-bond acceptors (Lipinski definition) is 1. The van der Waals surface area contributed by atoms with Gasteiger partial charge in [-0.15, -0.1) is 11.6 Å². The zero-order valence-electron chi connectivity index (χ0n) is 8.09. The Labute approximate surface area is 95.4 Å². The maximum atomic E-state index is 11.9. The lowest BCUT2D eigenvalue weighted by molar-refractivity contribution is -0.141. The molecule has 0 saturated heterocycles. The van der Waals surface area contributed by atoms with E-state index in [1.54, 1.807) is 30.3 Å². The minimum absolute atomic E-state index is 0.417. The summed E-state index contributed by atoms with van der Waals surface area (Å²) in [4.78, 5) is 11.2. The van der Waals surface area contributed by atoms with E-state index >= 15 is 0 Å². The summed E-state index contributed by atoms with van der Waals surface area (Å²) in [5.41, 5.74) is 0.417. The Balaban J connectivity index is 2.53. The van der Waals surface area contributed by atoms with Crippen molar-refractivity contribution in [3.05, 3.63) is 30.3 Å². The van der Waals surface area contributed by atoms with Gasteiger partial charge in [0, 0.05) is 5.69 Å². The molecule has 0 heterocycles. The SMILES string of the molecule is O=C(Nc1ccccc1)C(Cl)CC(F)(F)F. The van der Waals surface area contributed by atoms with E-state index in [4.69, 9.17) is 11.6 Å². The van der Waals surface area contributed by atoms with Gasteiger partial charge in [-0.2, -0.15) is 13.2 Å². The standard InChI is InChI=1S/C10H9ClF3NO/c11-8(6-10(12,13)14)9(16)15-7-4-2-1-3-5-7/h1-5,8H,6H2,(H,15,16). The van der Waals surface area contributed by atoms with Crippen LogP contribution >= 0.6 is 11.6 Å². The van der Waals surface area contributed by atoms with Crippen molar-refractivity contribution in [2.24, 2.45) is 0 Å². The van der Waals surface area contributed by atoms with Crippen LogP contribution in [0.2, 0.25) is 0 Å². The van der Waals surface area contributed by atoms with Crippen molar-refractivity contribution in [1.29, 1.82) is 0 Å². The maximum absolute atomic E-state index is 11.9. The number of hydrogen-bond donors (Lipinski definition) is 1. The van der Waals surface area contributed by atoms with Gasteiger partial charge in [-0.05, 0) is 12.1 Å². The molecule has 0 spiro atoms. The molecule has 1 amide bonds. The average Bonchev–Trinajstić information content (AvgIpc) is 2.16. The molecule has 1 aromatic carbocycles. The first-order chi connectivity index (χ1) is 7.38. The molecule has 0 bridgehead atoms. The van der Waals surface area contributed by atoms with Crippen LogP contribution in [0, 0.1) is 0 Å². The monoisotopic (exact) mass is 251 g/mol. The third kappa shape index (κ3) is 4.53. The number of para-hydroxylation sites is 1. The summed E-state index contributed by atoms with van der Waals surface area (Å²) in [5, 5.41) is 0.682. The Morgan fingerprint density at radius 1 is 1.31 bits per heavy atom. The number of halogens is 4. The second-order valence-corrected chi connectivity index (χ2v) is 3.67. The van der Waals surface area contributed by atoms with Crippen LogP contribution < -0.4 is 5.32 Å². The van der Waals surface area contributed by atoms with E-state index in [2.05, 4.69) is 5.32 Å². The lowest BCUT2D eigenvalue weighted by atomic mass is 10.2. The summed E-state index contributed by atoms with van der Waals surface area (Å²) in [6.07, 6.45) is -5.78. The predicted molar refractivity (Wildman–Crippen MR) is 55.4 cm³/mol. The van der Waals surface area contributed by atoms with E-state index < -0.39 is 23.9 Å². The predicted octanol–water partition coefficient (Wildman–Crippen LogP) is 3.18. The number of benzene rings is 1. The molecule has 0 saturated carbocycles. The fourth-order valence-electron chi connectivity index (χ4n) is 1.04. The molecular formula is C10H9ClF3NO. The Bertz CT molecular complexity index is 353. The average molecular weight is 252 g/mol. The molecular weight excluding hydrogens is 243 g/mol. The first kappa shape index (κ1) is 12.8. The van der Waals surface area contributed by atoms with Gasteiger partial charge in [-0.3, -0.25) is 4.79 Å². The highest BCUT2D eigenvalue weighted by Crippen LogP contribution is 2.24. The third-order valence-corrected chi connectivity index (χ3v) is 2.09. The molecule has 2 nitrogen and oxygen atoms in total. The van der Waals surface area contributed by atoms with E-state index in [0.717, 1.165) is 0 Å². The zero-order valence-corrected chi connectivity index (χ0v) is 8.85. The minimum atomic E-state index is -4.44. The van der Waals surface area contributed by atoms with Gasteiger partial charge in [-0.1, -0.05) is 18.2 Å². The highest BCUT2D eigenvalue weighted by molar-refractivity contribution is 6.32. The van der Waals surface area contributed by atoms with Gasteiger partial charge in [0.2, 0.25) is 5.91 Å². The molecule has 1 rings (SSSR count). The third-order valence-electron chi connectivity index (χ3n) is 1.74. The summed E-state index contributed by atoms with van der Waals surface area (Å²) < 4.78 is 35.8. The Hall–Kier alpha value is -1.23. The van der Waals surface area contributed by atoms with Crippen LogP contribution in [0.1, 0.15) is 6.42 Å². The van der Waals surface area contributed by atoms with E-state index in [-0.39, 0.29) is 0 Å². The molecule has 0 aliphatic heterocycles. The number of carbonyl (C=O) groups is 1. The van der Waals surface area contributed by atoms with Crippen LogP contribution in [0.25, 0.3) is 0 Å². The van der Waals surface area contributed by atoms with Gasteiger partial charge >= 0.3 is 6.18 Å². The molecule has 1 aromatic rings. The topological polar surface area (TPSA) is 29.1 Å². The highest BCUT2D eigenvalue weighted by Gasteiger charge is 2.34. The van der Waals surface area contributed by atoms with E-state index in [0.29, 0.717) is 5.69 Å². The maximum Gasteiger partial charge on any atom is 0.391 e. The molecule has 1 N–H and O–H groups in total. The molecule has 88 valence electrons. The van der Waals surface area contributed by atoms with Crippen LogP contribution in [0.3, 0.4) is 0 Å². The normalized spacial score (nSPS) is 13.2. The summed E-state index contributed by atoms with van der Waals surface area (Å²) in [5.74, 6) is -0.856. The second kappa shape index (κ2) is 5.21. The molecule has 1 atom stereocenters. The van der Waals surface area contributed by atoms with E-state index in [1.807, 2.05) is 0 Å². The van der Waals surface area contributed by atoms with E-state index in [1.165, 1.54) is 0 Å². The summed E-state index contributed by atoms with van der Waals surface area (Å²) in [7, 11) is 0. The van der Waals surface area contributed by atoms with Crippen LogP contribution in [-0.4, -0.2) is 17.5 Å². The smallest absolute Gasteiger partial charge is 0.325 e. The molecule has 0 aliphatic carbocycles. The van der Waals surface area contributed by atoms with Gasteiger partial charge in [0.05, 0.1) is 6.42 Å². The zero-order chi connectivity index (χ0) is 12.2. The number of amides is 1. The summed E-state index contributed by atoms with van der Waals surface area (Å²) >= 11 is 5.33. The van der Waals surface area contributed by atoms with Crippen molar-refractivity contribution in [3.63, 3.8) is 0 Å². The molecule has 16 heavy (non-hydrogen) atoms. The number of rotatable bonds is 3. The van der Waals surface area contributed by atoms with E-state index in [9.17, 15) is 18.0 Å². The number of nitrogens with one attached hydrogen (secondary N) is 1. The Morgan fingerprint density at radius 2 is 1.88 bits per heavy atom. The first-order valence-electron chi connectivity index (χ1n) is 4.45. The van der Waals surface area contributed by atoms with Crippen molar-refractivity contribution in [2.45, 2.75) is 18.0 Å². The lowest BCUT2D eigenvalue weighted by Crippen LogP contribution is -2.28. The van der Waals surface area contributed by atoms with Gasteiger partial charge < -0.3 is 5.32 Å². The van der Waals surface area contributed by atoms with Gasteiger partial charge in [0.25, 0.3) is 0 Å². The molecule has 0 aromatic heterocycles. The van der Waals surface area contributed by atoms with Crippen molar-refractivity contribution in [3.8, 4) is 0 Å². The minimum Gasteiger partial charge on any atom is -0.325 e. The van der Waals surface area contributed by atoms with Crippen LogP contribution in [0.5, 0.6) is 0 Å². The first-order valence-corrected chi connectivity index (χ1v) is 4.89. The molecule has 0 aliphatic rings. The highest BCUT2D eigenvalue weighted by atomic mass is 35.5. The van der Waals surface area contributed by atoms with Crippen molar-refractivity contribution < 1.29 is 18.0 Å². The van der Waals surface area contributed by atoms with Gasteiger partial charge in [0.15, 0.2) is 0 Å². The lowest BCUT2D eigenvalue weighted by Gasteiger charge is -2.12. The Kier molecular flexibility index (Phi) is 4.18. The number of carbonyl (C=O) groups excluding carboxylic acids is 1. The van der Waals surface area contributed by atoms with Crippen LogP contribution in [0.15, 0.2) is 30.3 Å². The van der Waals surface area contributed by atoms with Crippen molar-refractivity contribution in [1.82, 2.24) is 0 Å². The quantitative estimate of drug-likeness (QED) is 0.822. The number of anilines is 1. The molecule has 6 heteroatoms. The second-order valence-electron chi connectivity index (χ2n) is 3.14. The molecule has 0 fully saturated rings. The fourth-order valence-corrected chi connectivity index (χ4v) is 1.27. The largest absolute Gasteiger partial charge is 0.391 e. The summed E-state index contributed by atoms with van der Waals surface area (Å²) in [6.45, 7) is 0. The van der Waals surface area contributed by atoms with Crippen molar-refractivity contribution in [2.75, 3.05) is 5.32 Å². The van der Waals surface area contributed by atoms with Crippen molar-refractivity contribution >= 4 is 23.2 Å². The van der Waals surface area contributed by atoms with Gasteiger partial charge in [0.1, 0.15) is 5.38 Å². The molecule has 1 unspecified atom stereocenters. The molecule has 0 radical (unpaired) electrons. The van der Waals surface area contributed by atoms with Gasteiger partial charge in [-0.25, -0.2) is 0 Å².